The number of carbonyl (C=O) groups excluding carboxylic acids is 2. The van der Waals surface area contributed by atoms with Crippen molar-refractivity contribution in [1.82, 2.24) is 0 Å². The van der Waals surface area contributed by atoms with Gasteiger partial charge in [-0.25, -0.2) is 0 Å². The van der Waals surface area contributed by atoms with Gasteiger partial charge < -0.3 is 10.2 Å². The highest BCUT2D eigenvalue weighted by Gasteiger charge is 2.32. The zero-order valence-corrected chi connectivity index (χ0v) is 16.4. The predicted octanol–water partition coefficient (Wildman–Crippen LogP) is 4.58. The minimum atomic E-state index is -0.624. The van der Waals surface area contributed by atoms with Crippen LogP contribution < -0.4 is 10.2 Å². The highest BCUT2D eigenvalue weighted by atomic mass is 35.5. The maximum absolute atomic E-state index is 12.9. The number of hydrogen-bond donors (Lipinski definition) is 1. The molecule has 1 saturated carbocycles. The Bertz CT molecular complexity index is 1000. The van der Waals surface area contributed by atoms with Crippen molar-refractivity contribution in [2.45, 2.75) is 32.1 Å². The lowest BCUT2D eigenvalue weighted by Gasteiger charge is -2.21. The highest BCUT2D eigenvalue weighted by Crippen LogP contribution is 2.35. The molecule has 1 aliphatic carbocycles. The Labute approximate surface area is 172 Å². The lowest BCUT2D eigenvalue weighted by Crippen LogP contribution is -2.33. The van der Waals surface area contributed by atoms with Gasteiger partial charge in [0.25, 0.3) is 11.6 Å². The van der Waals surface area contributed by atoms with E-state index in [1.807, 2.05) is 11.0 Å². The Hall–Kier alpha value is -2.93. The molecule has 1 heterocycles. The van der Waals surface area contributed by atoms with Crippen LogP contribution in [0, 0.1) is 16.0 Å². The van der Waals surface area contributed by atoms with Crippen LogP contribution in [0.1, 0.15) is 41.6 Å². The zero-order chi connectivity index (χ0) is 20.5. The molecular formula is C21H20ClN3O4. The van der Waals surface area contributed by atoms with Gasteiger partial charge in [-0.2, -0.15) is 0 Å². The molecule has 2 amide bonds. The first-order chi connectivity index (χ1) is 13.9. The van der Waals surface area contributed by atoms with Gasteiger partial charge in [-0.1, -0.05) is 30.5 Å². The summed E-state index contributed by atoms with van der Waals surface area (Å²) >= 11 is 5.81. The fourth-order valence-corrected chi connectivity index (χ4v) is 4.26. The number of anilines is 2. The second-order valence-corrected chi connectivity index (χ2v) is 7.85. The standard InChI is InChI=1S/C21H20ClN3O4/c22-17-8-6-15(11-19(17)25(28)29)20(26)23-16-7-5-13-9-10-24(18(13)12-16)21(27)14-3-1-2-4-14/h5-8,11-12,14H,1-4,9-10H2,(H,23,26). The van der Waals surface area contributed by atoms with Gasteiger partial charge in [-0.05, 0) is 49.1 Å². The molecule has 7 nitrogen and oxygen atoms in total. The summed E-state index contributed by atoms with van der Waals surface area (Å²) in [4.78, 5) is 37.7. The average Bonchev–Trinajstić information content (AvgIpc) is 3.37. The number of benzene rings is 2. The van der Waals surface area contributed by atoms with Crippen LogP contribution in [0.4, 0.5) is 17.1 Å². The van der Waals surface area contributed by atoms with Crippen LogP contribution >= 0.6 is 11.6 Å². The third-order valence-electron chi connectivity index (χ3n) is 5.61. The number of halogens is 1. The van der Waals surface area contributed by atoms with Crippen molar-refractivity contribution in [2.75, 3.05) is 16.8 Å². The first-order valence-corrected chi connectivity index (χ1v) is 10.0. The lowest BCUT2D eigenvalue weighted by atomic mass is 10.1. The third kappa shape index (κ3) is 3.82. The molecule has 0 radical (unpaired) electrons. The molecule has 0 aromatic heterocycles. The maximum Gasteiger partial charge on any atom is 0.288 e. The van der Waals surface area contributed by atoms with E-state index >= 15 is 0 Å². The molecule has 1 fully saturated rings. The minimum Gasteiger partial charge on any atom is -0.322 e. The Kier molecular flexibility index (Phi) is 5.24. The number of fused-ring (bicyclic) bond motifs is 1. The molecule has 8 heteroatoms. The molecule has 0 spiro atoms. The molecule has 2 aromatic rings. The van der Waals surface area contributed by atoms with Crippen molar-refractivity contribution in [2.24, 2.45) is 5.92 Å². The Morgan fingerprint density at radius 2 is 1.90 bits per heavy atom. The first-order valence-electron chi connectivity index (χ1n) is 9.63. The van der Waals surface area contributed by atoms with Crippen molar-refractivity contribution < 1.29 is 14.5 Å². The van der Waals surface area contributed by atoms with Crippen LogP contribution in [-0.2, 0) is 11.2 Å². The summed E-state index contributed by atoms with van der Waals surface area (Å²) in [6.45, 7) is 0.658. The topological polar surface area (TPSA) is 92.6 Å². The second kappa shape index (κ2) is 7.83. The van der Waals surface area contributed by atoms with Crippen molar-refractivity contribution in [3.63, 3.8) is 0 Å². The summed E-state index contributed by atoms with van der Waals surface area (Å²) in [6.07, 6.45) is 4.87. The van der Waals surface area contributed by atoms with Crippen LogP contribution in [-0.4, -0.2) is 23.3 Å². The second-order valence-electron chi connectivity index (χ2n) is 7.44. The van der Waals surface area contributed by atoms with E-state index in [1.165, 1.54) is 12.1 Å². The number of carbonyl (C=O) groups is 2. The summed E-state index contributed by atoms with van der Waals surface area (Å²) in [5.41, 5.74) is 2.28. The van der Waals surface area contributed by atoms with E-state index < -0.39 is 10.8 Å². The van der Waals surface area contributed by atoms with Crippen LogP contribution in [0.3, 0.4) is 0 Å². The van der Waals surface area contributed by atoms with Gasteiger partial charge in [-0.3, -0.25) is 19.7 Å². The molecule has 0 unspecified atom stereocenters. The normalized spacial score (nSPS) is 16.0. The number of hydrogen-bond acceptors (Lipinski definition) is 4. The van der Waals surface area contributed by atoms with E-state index in [1.54, 1.807) is 12.1 Å². The molecule has 0 atom stereocenters. The van der Waals surface area contributed by atoms with Crippen molar-refractivity contribution >= 4 is 40.5 Å². The molecule has 0 bridgehead atoms. The Morgan fingerprint density at radius 3 is 2.62 bits per heavy atom. The summed E-state index contributed by atoms with van der Waals surface area (Å²) < 4.78 is 0. The summed E-state index contributed by atoms with van der Waals surface area (Å²) in [7, 11) is 0. The van der Waals surface area contributed by atoms with Crippen molar-refractivity contribution in [3.8, 4) is 0 Å². The number of nitro benzene ring substituents is 1. The molecule has 2 aromatic carbocycles. The largest absolute Gasteiger partial charge is 0.322 e. The summed E-state index contributed by atoms with van der Waals surface area (Å²) in [5.74, 6) is -0.219. The van der Waals surface area contributed by atoms with E-state index in [-0.39, 0.29) is 28.1 Å². The van der Waals surface area contributed by atoms with Crippen molar-refractivity contribution in [3.05, 3.63) is 62.7 Å². The summed E-state index contributed by atoms with van der Waals surface area (Å²) in [6, 6.07) is 9.42. The Balaban J connectivity index is 1.54. The molecule has 29 heavy (non-hydrogen) atoms. The lowest BCUT2D eigenvalue weighted by molar-refractivity contribution is -0.384. The monoisotopic (exact) mass is 413 g/mol. The number of nitrogens with one attached hydrogen (secondary N) is 1. The molecule has 1 aliphatic heterocycles. The van der Waals surface area contributed by atoms with E-state index in [0.29, 0.717) is 12.2 Å². The van der Waals surface area contributed by atoms with Gasteiger partial charge in [0.2, 0.25) is 5.91 Å². The van der Waals surface area contributed by atoms with Gasteiger partial charge in [0.15, 0.2) is 0 Å². The SMILES string of the molecule is O=C(Nc1ccc2c(c1)N(C(=O)C1CCCC1)CC2)c1ccc(Cl)c([N+](=O)[O-])c1. The van der Waals surface area contributed by atoms with E-state index in [0.717, 1.165) is 49.4 Å². The fraction of sp³-hybridized carbons (Fsp3) is 0.333. The number of nitrogens with zero attached hydrogens (tertiary/aromatic N) is 2. The van der Waals surface area contributed by atoms with Gasteiger partial charge in [0, 0.05) is 35.5 Å². The van der Waals surface area contributed by atoms with Gasteiger partial charge in [0.1, 0.15) is 5.02 Å². The van der Waals surface area contributed by atoms with Gasteiger partial charge in [0.05, 0.1) is 4.92 Å². The summed E-state index contributed by atoms with van der Waals surface area (Å²) in [5, 5.41) is 13.8. The number of rotatable bonds is 4. The number of amides is 2. The third-order valence-corrected chi connectivity index (χ3v) is 5.93. The molecular weight excluding hydrogens is 394 g/mol. The van der Waals surface area contributed by atoms with Crippen LogP contribution in [0.2, 0.25) is 5.02 Å². The minimum absolute atomic E-state index is 0.0230. The first kappa shape index (κ1) is 19.4. The van der Waals surface area contributed by atoms with Crippen LogP contribution in [0.25, 0.3) is 0 Å². The van der Waals surface area contributed by atoms with Gasteiger partial charge >= 0.3 is 0 Å². The molecule has 2 aliphatic rings. The smallest absolute Gasteiger partial charge is 0.288 e. The van der Waals surface area contributed by atoms with Gasteiger partial charge in [-0.15, -0.1) is 0 Å². The highest BCUT2D eigenvalue weighted by molar-refractivity contribution is 6.32. The molecule has 150 valence electrons. The van der Waals surface area contributed by atoms with E-state index in [2.05, 4.69) is 5.32 Å². The quantitative estimate of drug-likeness (QED) is 0.586. The van der Waals surface area contributed by atoms with Crippen LogP contribution in [0.15, 0.2) is 36.4 Å². The molecule has 4 rings (SSSR count). The number of nitro groups is 1. The van der Waals surface area contributed by atoms with Crippen LogP contribution in [0.5, 0.6) is 0 Å². The van der Waals surface area contributed by atoms with E-state index in [9.17, 15) is 19.7 Å². The van der Waals surface area contributed by atoms with E-state index in [4.69, 9.17) is 11.6 Å². The van der Waals surface area contributed by atoms with Crippen molar-refractivity contribution in [1.29, 1.82) is 0 Å². The maximum atomic E-state index is 12.9. The zero-order valence-electron chi connectivity index (χ0n) is 15.7. The average molecular weight is 414 g/mol. The predicted molar refractivity (Wildman–Crippen MR) is 111 cm³/mol. The Morgan fingerprint density at radius 1 is 1.14 bits per heavy atom. The molecule has 1 N–H and O–H groups in total. The molecule has 0 saturated heterocycles. The fourth-order valence-electron chi connectivity index (χ4n) is 4.08.